The van der Waals surface area contributed by atoms with Crippen molar-refractivity contribution in [1.29, 1.82) is 0 Å². The van der Waals surface area contributed by atoms with Crippen LogP contribution in [0.5, 0.6) is 0 Å². The summed E-state index contributed by atoms with van der Waals surface area (Å²) in [5, 5.41) is 8.19. The summed E-state index contributed by atoms with van der Waals surface area (Å²) in [6.07, 6.45) is 3.75. The standard InChI is InChI=1S/C22H38N4O7/c1-4-8-16(18(27)19(28)23-15-17(31-2)32-3)24-20(29)22(9-6-5-7-10-22)25-21(30)26-11-13-33-14-12-26/h16-17H,4-15H2,1-3H3,(H,23,28)(H,24,29)(H,25,30)/t16-/m0/s1. The fourth-order valence-electron chi connectivity index (χ4n) is 4.15. The fourth-order valence-corrected chi connectivity index (χ4v) is 4.15. The van der Waals surface area contributed by atoms with Gasteiger partial charge in [-0.1, -0.05) is 32.6 Å². The quantitative estimate of drug-likeness (QED) is 0.292. The number of hydrogen-bond donors (Lipinski definition) is 3. The maximum atomic E-state index is 13.4. The molecule has 3 N–H and O–H groups in total. The highest BCUT2D eigenvalue weighted by Crippen LogP contribution is 2.29. The topological polar surface area (TPSA) is 135 Å². The SMILES string of the molecule is CCC[C@H](NC(=O)C1(NC(=O)N2CCOCC2)CCCCC1)C(=O)C(=O)NCC(OC)OC. The first-order chi connectivity index (χ1) is 15.9. The molecule has 0 radical (unpaired) electrons. The summed E-state index contributed by atoms with van der Waals surface area (Å²) in [7, 11) is 2.86. The molecule has 0 aromatic heterocycles. The van der Waals surface area contributed by atoms with Gasteiger partial charge in [-0.3, -0.25) is 14.4 Å². The number of urea groups is 1. The Morgan fingerprint density at radius 1 is 1.03 bits per heavy atom. The maximum absolute atomic E-state index is 13.4. The van der Waals surface area contributed by atoms with Crippen molar-refractivity contribution in [3.8, 4) is 0 Å². The van der Waals surface area contributed by atoms with Crippen molar-refractivity contribution in [3.05, 3.63) is 0 Å². The van der Waals surface area contributed by atoms with Gasteiger partial charge in [-0.25, -0.2) is 4.79 Å². The van der Waals surface area contributed by atoms with Gasteiger partial charge in [0.15, 0.2) is 6.29 Å². The Balaban J connectivity index is 2.07. The van der Waals surface area contributed by atoms with Gasteiger partial charge >= 0.3 is 6.03 Å². The second-order valence-corrected chi connectivity index (χ2v) is 8.46. The van der Waals surface area contributed by atoms with Crippen LogP contribution in [0.4, 0.5) is 4.79 Å². The van der Waals surface area contributed by atoms with Gasteiger partial charge in [0.25, 0.3) is 5.91 Å². The lowest BCUT2D eigenvalue weighted by molar-refractivity contribution is -0.143. The zero-order valence-corrected chi connectivity index (χ0v) is 19.9. The molecular weight excluding hydrogens is 432 g/mol. The number of carbonyl (C=O) groups excluding carboxylic acids is 4. The maximum Gasteiger partial charge on any atom is 0.318 e. The lowest BCUT2D eigenvalue weighted by Crippen LogP contribution is -2.64. The van der Waals surface area contributed by atoms with E-state index in [2.05, 4.69) is 16.0 Å². The predicted molar refractivity (Wildman–Crippen MR) is 119 cm³/mol. The zero-order chi connectivity index (χ0) is 24.3. The highest BCUT2D eigenvalue weighted by atomic mass is 16.7. The molecule has 1 aliphatic heterocycles. The average Bonchev–Trinajstić information content (AvgIpc) is 2.84. The molecule has 1 atom stereocenters. The summed E-state index contributed by atoms with van der Waals surface area (Å²) in [6, 6.07) is -1.29. The first kappa shape index (κ1) is 27.0. The van der Waals surface area contributed by atoms with Gasteiger partial charge in [0.05, 0.1) is 25.8 Å². The van der Waals surface area contributed by atoms with Crippen LogP contribution in [0.15, 0.2) is 0 Å². The number of amides is 4. The molecule has 0 spiro atoms. The molecule has 2 aliphatic rings. The molecule has 0 aromatic carbocycles. The Labute approximate surface area is 195 Å². The van der Waals surface area contributed by atoms with Crippen molar-refractivity contribution in [3.63, 3.8) is 0 Å². The Hall–Kier alpha value is -2.24. The van der Waals surface area contributed by atoms with Gasteiger partial charge in [0.2, 0.25) is 11.7 Å². The van der Waals surface area contributed by atoms with Gasteiger partial charge in [-0.2, -0.15) is 0 Å². The highest BCUT2D eigenvalue weighted by molar-refractivity contribution is 6.38. The van der Waals surface area contributed by atoms with Gasteiger partial charge in [0.1, 0.15) is 5.54 Å². The molecule has 0 unspecified atom stereocenters. The lowest BCUT2D eigenvalue weighted by atomic mass is 9.80. The molecule has 4 amide bonds. The van der Waals surface area contributed by atoms with Crippen LogP contribution in [0.2, 0.25) is 0 Å². The van der Waals surface area contributed by atoms with Crippen LogP contribution in [-0.2, 0) is 28.6 Å². The van der Waals surface area contributed by atoms with Crippen molar-refractivity contribution < 1.29 is 33.4 Å². The van der Waals surface area contributed by atoms with E-state index in [1.165, 1.54) is 14.2 Å². The molecule has 0 aromatic rings. The lowest BCUT2D eigenvalue weighted by Gasteiger charge is -2.39. The molecule has 11 nitrogen and oxygen atoms in total. The predicted octanol–water partition coefficient (Wildman–Crippen LogP) is 0.320. The van der Waals surface area contributed by atoms with Gasteiger partial charge in [-0.15, -0.1) is 0 Å². The van der Waals surface area contributed by atoms with E-state index < -0.39 is 35.5 Å². The van der Waals surface area contributed by atoms with Crippen molar-refractivity contribution in [2.75, 3.05) is 47.1 Å². The first-order valence-electron chi connectivity index (χ1n) is 11.7. The van der Waals surface area contributed by atoms with E-state index in [4.69, 9.17) is 14.2 Å². The number of rotatable bonds is 11. The Morgan fingerprint density at radius 3 is 2.24 bits per heavy atom. The van der Waals surface area contributed by atoms with E-state index in [9.17, 15) is 19.2 Å². The third-order valence-electron chi connectivity index (χ3n) is 6.16. The summed E-state index contributed by atoms with van der Waals surface area (Å²) in [5.74, 6) is -1.97. The molecule has 2 rings (SSSR count). The van der Waals surface area contributed by atoms with E-state index in [1.807, 2.05) is 6.92 Å². The largest absolute Gasteiger partial charge is 0.378 e. The minimum Gasteiger partial charge on any atom is -0.378 e. The van der Waals surface area contributed by atoms with Crippen LogP contribution < -0.4 is 16.0 Å². The molecule has 0 bridgehead atoms. The van der Waals surface area contributed by atoms with Gasteiger partial charge in [-0.05, 0) is 19.3 Å². The van der Waals surface area contributed by atoms with Crippen molar-refractivity contribution in [2.24, 2.45) is 0 Å². The summed E-state index contributed by atoms with van der Waals surface area (Å²) in [6.45, 7) is 3.72. The minimum atomic E-state index is -1.10. The molecular formula is C22H38N4O7. The fraction of sp³-hybridized carbons (Fsp3) is 0.818. The number of hydrogen-bond acceptors (Lipinski definition) is 7. The van der Waals surface area contributed by atoms with E-state index in [0.717, 1.165) is 19.3 Å². The van der Waals surface area contributed by atoms with Crippen molar-refractivity contribution >= 4 is 23.6 Å². The van der Waals surface area contributed by atoms with Gasteiger partial charge in [0, 0.05) is 27.3 Å². The molecule has 2 fully saturated rings. The molecule has 33 heavy (non-hydrogen) atoms. The summed E-state index contributed by atoms with van der Waals surface area (Å²) < 4.78 is 15.3. The number of carbonyl (C=O) groups is 4. The third-order valence-corrected chi connectivity index (χ3v) is 6.16. The van der Waals surface area contributed by atoms with Crippen molar-refractivity contribution in [1.82, 2.24) is 20.9 Å². The van der Waals surface area contributed by atoms with E-state index in [1.54, 1.807) is 4.90 Å². The first-order valence-corrected chi connectivity index (χ1v) is 11.7. The molecule has 188 valence electrons. The number of ether oxygens (including phenoxy) is 3. The molecule has 1 aliphatic carbocycles. The second kappa shape index (κ2) is 13.5. The monoisotopic (exact) mass is 470 g/mol. The zero-order valence-electron chi connectivity index (χ0n) is 19.9. The van der Waals surface area contributed by atoms with E-state index in [-0.39, 0.29) is 12.6 Å². The van der Waals surface area contributed by atoms with Crippen LogP contribution in [-0.4, -0.2) is 93.5 Å². The number of Topliss-reactive ketones (excluding diaryl/α,β-unsaturated/α-hetero) is 1. The Morgan fingerprint density at radius 2 is 1.67 bits per heavy atom. The Kier molecular flexibility index (Phi) is 11.0. The molecule has 1 heterocycles. The average molecular weight is 471 g/mol. The molecule has 11 heteroatoms. The number of morpholine rings is 1. The number of ketones is 1. The highest BCUT2D eigenvalue weighted by Gasteiger charge is 2.43. The van der Waals surface area contributed by atoms with E-state index >= 15 is 0 Å². The van der Waals surface area contributed by atoms with E-state index in [0.29, 0.717) is 52.0 Å². The third kappa shape index (κ3) is 7.65. The second-order valence-electron chi connectivity index (χ2n) is 8.46. The van der Waals surface area contributed by atoms with Crippen LogP contribution in [0.25, 0.3) is 0 Å². The van der Waals surface area contributed by atoms with Crippen LogP contribution in [0, 0.1) is 0 Å². The normalized spacial score (nSPS) is 19.0. The van der Waals surface area contributed by atoms with Crippen LogP contribution in [0.3, 0.4) is 0 Å². The minimum absolute atomic E-state index is 0.00388. The summed E-state index contributed by atoms with van der Waals surface area (Å²) in [4.78, 5) is 53.1. The number of nitrogens with zero attached hydrogens (tertiary/aromatic N) is 1. The van der Waals surface area contributed by atoms with Crippen LogP contribution >= 0.6 is 0 Å². The smallest absolute Gasteiger partial charge is 0.318 e. The van der Waals surface area contributed by atoms with Crippen LogP contribution in [0.1, 0.15) is 51.9 Å². The number of methoxy groups -OCH3 is 2. The summed E-state index contributed by atoms with van der Waals surface area (Å²) >= 11 is 0. The van der Waals surface area contributed by atoms with Gasteiger partial charge < -0.3 is 35.1 Å². The molecule has 1 saturated heterocycles. The number of nitrogens with one attached hydrogen (secondary N) is 3. The Bertz CT molecular complexity index is 672. The van der Waals surface area contributed by atoms with Crippen molar-refractivity contribution in [2.45, 2.75) is 69.7 Å². The molecule has 1 saturated carbocycles. The summed E-state index contributed by atoms with van der Waals surface area (Å²) in [5.41, 5.74) is -1.10.